The van der Waals surface area contributed by atoms with Crippen molar-refractivity contribution in [3.63, 3.8) is 0 Å². The second-order valence-electron chi connectivity index (χ2n) is 7.16. The summed E-state index contributed by atoms with van der Waals surface area (Å²) in [5.74, 6) is 0.449. The first-order chi connectivity index (χ1) is 9.24. The molecule has 0 saturated heterocycles. The molecule has 0 aromatic heterocycles. The van der Waals surface area contributed by atoms with Crippen molar-refractivity contribution in [2.45, 2.75) is 84.4 Å². The summed E-state index contributed by atoms with van der Waals surface area (Å²) in [6.07, 6.45) is 5.08. The Labute approximate surface area is 122 Å². The Balaban J connectivity index is 2.84. The van der Waals surface area contributed by atoms with Crippen LogP contribution in [0.4, 0.5) is 4.79 Å². The third-order valence-electron chi connectivity index (χ3n) is 3.58. The van der Waals surface area contributed by atoms with Crippen molar-refractivity contribution in [3.05, 3.63) is 0 Å². The molecule has 1 unspecified atom stereocenters. The minimum Gasteiger partial charge on any atom is -0.444 e. The van der Waals surface area contributed by atoms with Crippen molar-refractivity contribution >= 4 is 12.4 Å². The fourth-order valence-electron chi connectivity index (χ4n) is 2.55. The quantitative estimate of drug-likeness (QED) is 0.697. The number of carbonyl (C=O) groups excluding carboxylic acids is 2. The molecule has 1 amide bonds. The molecule has 0 spiro atoms. The SMILES string of the molecule is CC(C)CC(CC=O)N(C(=O)OC(C)(C)C)C1CCC1. The van der Waals surface area contributed by atoms with E-state index in [1.807, 2.05) is 25.7 Å². The Morgan fingerprint density at radius 3 is 2.30 bits per heavy atom. The first kappa shape index (κ1) is 17.0. The number of aldehydes is 1. The lowest BCUT2D eigenvalue weighted by Gasteiger charge is -2.43. The number of ether oxygens (including phenoxy) is 1. The van der Waals surface area contributed by atoms with Gasteiger partial charge in [0.15, 0.2) is 0 Å². The van der Waals surface area contributed by atoms with Gasteiger partial charge in [-0.25, -0.2) is 4.79 Å². The number of carbonyl (C=O) groups is 2. The van der Waals surface area contributed by atoms with Crippen molar-refractivity contribution in [2.75, 3.05) is 0 Å². The molecule has 0 bridgehead atoms. The summed E-state index contributed by atoms with van der Waals surface area (Å²) in [6.45, 7) is 9.86. The lowest BCUT2D eigenvalue weighted by Crippen LogP contribution is -2.52. The van der Waals surface area contributed by atoms with Gasteiger partial charge in [0, 0.05) is 18.5 Å². The third kappa shape index (κ3) is 5.14. The van der Waals surface area contributed by atoms with Crippen LogP contribution in [0.15, 0.2) is 0 Å². The number of nitrogens with zero attached hydrogens (tertiary/aromatic N) is 1. The van der Waals surface area contributed by atoms with Crippen molar-refractivity contribution in [1.29, 1.82) is 0 Å². The second kappa shape index (κ2) is 7.09. The van der Waals surface area contributed by atoms with E-state index in [9.17, 15) is 9.59 Å². The number of hydrogen-bond donors (Lipinski definition) is 0. The molecule has 0 aromatic rings. The maximum Gasteiger partial charge on any atom is 0.410 e. The molecule has 0 aromatic carbocycles. The Bertz CT molecular complexity index is 329. The van der Waals surface area contributed by atoms with Gasteiger partial charge in [-0.15, -0.1) is 0 Å². The number of amides is 1. The maximum absolute atomic E-state index is 12.5. The average Bonchev–Trinajstić information content (AvgIpc) is 2.19. The van der Waals surface area contributed by atoms with E-state index in [1.54, 1.807) is 0 Å². The predicted octanol–water partition coefficient (Wildman–Crippen LogP) is 3.78. The fraction of sp³-hybridized carbons (Fsp3) is 0.875. The molecule has 116 valence electrons. The van der Waals surface area contributed by atoms with E-state index in [1.165, 1.54) is 0 Å². The first-order valence-corrected chi connectivity index (χ1v) is 7.69. The van der Waals surface area contributed by atoms with E-state index < -0.39 is 5.60 Å². The van der Waals surface area contributed by atoms with Crippen LogP contribution in [0.25, 0.3) is 0 Å². The molecule has 0 N–H and O–H groups in total. The summed E-state index contributed by atoms with van der Waals surface area (Å²) in [4.78, 5) is 25.3. The highest BCUT2D eigenvalue weighted by atomic mass is 16.6. The molecule has 1 saturated carbocycles. The molecule has 1 aliphatic carbocycles. The maximum atomic E-state index is 12.5. The summed E-state index contributed by atoms with van der Waals surface area (Å²) in [6, 6.07) is 0.209. The molecule has 0 aliphatic heterocycles. The molecule has 4 heteroatoms. The van der Waals surface area contributed by atoms with Gasteiger partial charge in [0.1, 0.15) is 11.9 Å². The van der Waals surface area contributed by atoms with Crippen LogP contribution in [0.1, 0.15) is 66.7 Å². The molecule has 1 aliphatic rings. The number of hydrogen-bond acceptors (Lipinski definition) is 3. The molecular formula is C16H29NO3. The van der Waals surface area contributed by atoms with Gasteiger partial charge in [-0.05, 0) is 52.4 Å². The zero-order valence-electron chi connectivity index (χ0n) is 13.5. The topological polar surface area (TPSA) is 46.6 Å². The molecule has 20 heavy (non-hydrogen) atoms. The first-order valence-electron chi connectivity index (χ1n) is 7.69. The zero-order chi connectivity index (χ0) is 15.3. The van der Waals surface area contributed by atoms with Gasteiger partial charge in [0.25, 0.3) is 0 Å². The highest BCUT2D eigenvalue weighted by molar-refractivity contribution is 5.70. The van der Waals surface area contributed by atoms with Crippen LogP contribution in [-0.2, 0) is 9.53 Å². The summed E-state index contributed by atoms with van der Waals surface area (Å²) in [5.41, 5.74) is -0.497. The zero-order valence-corrected chi connectivity index (χ0v) is 13.5. The molecule has 1 atom stereocenters. The smallest absolute Gasteiger partial charge is 0.410 e. The molecule has 4 nitrogen and oxygen atoms in total. The Hall–Kier alpha value is -1.06. The Morgan fingerprint density at radius 1 is 1.35 bits per heavy atom. The van der Waals surface area contributed by atoms with E-state index in [0.717, 1.165) is 32.0 Å². The van der Waals surface area contributed by atoms with E-state index in [-0.39, 0.29) is 18.2 Å². The summed E-state index contributed by atoms with van der Waals surface area (Å²) in [5, 5.41) is 0. The second-order valence-corrected chi connectivity index (χ2v) is 7.16. The van der Waals surface area contributed by atoms with E-state index >= 15 is 0 Å². The fourth-order valence-corrected chi connectivity index (χ4v) is 2.55. The Morgan fingerprint density at radius 2 is 1.95 bits per heavy atom. The van der Waals surface area contributed by atoms with Crippen LogP contribution in [0.2, 0.25) is 0 Å². The van der Waals surface area contributed by atoms with Crippen LogP contribution < -0.4 is 0 Å². The molecule has 0 heterocycles. The highest BCUT2D eigenvalue weighted by Crippen LogP contribution is 2.30. The summed E-state index contributed by atoms with van der Waals surface area (Å²) >= 11 is 0. The van der Waals surface area contributed by atoms with E-state index in [0.29, 0.717) is 12.3 Å². The standard InChI is InChI=1S/C16H29NO3/c1-12(2)11-14(9-10-18)17(13-7-6-8-13)15(19)20-16(3,4)5/h10,12-14H,6-9,11H2,1-5H3. The van der Waals surface area contributed by atoms with Gasteiger partial charge in [0.05, 0.1) is 0 Å². The lowest BCUT2D eigenvalue weighted by atomic mass is 9.88. The number of rotatable bonds is 6. The molecule has 0 radical (unpaired) electrons. The van der Waals surface area contributed by atoms with Gasteiger partial charge in [-0.2, -0.15) is 0 Å². The lowest BCUT2D eigenvalue weighted by molar-refractivity contribution is -0.109. The van der Waals surface area contributed by atoms with Gasteiger partial charge in [-0.1, -0.05) is 13.8 Å². The molecule has 1 rings (SSSR count). The van der Waals surface area contributed by atoms with Gasteiger partial charge in [-0.3, -0.25) is 0 Å². The van der Waals surface area contributed by atoms with Gasteiger partial charge >= 0.3 is 6.09 Å². The van der Waals surface area contributed by atoms with Crippen LogP contribution >= 0.6 is 0 Å². The average molecular weight is 283 g/mol. The van der Waals surface area contributed by atoms with E-state index in [4.69, 9.17) is 4.74 Å². The summed E-state index contributed by atoms with van der Waals surface area (Å²) < 4.78 is 5.54. The van der Waals surface area contributed by atoms with Crippen molar-refractivity contribution in [2.24, 2.45) is 5.92 Å². The minimum absolute atomic E-state index is 0.0346. The van der Waals surface area contributed by atoms with Crippen LogP contribution in [-0.4, -0.2) is 35.0 Å². The van der Waals surface area contributed by atoms with E-state index in [2.05, 4.69) is 13.8 Å². The monoisotopic (exact) mass is 283 g/mol. The summed E-state index contributed by atoms with van der Waals surface area (Å²) in [7, 11) is 0. The van der Waals surface area contributed by atoms with Crippen molar-refractivity contribution in [3.8, 4) is 0 Å². The molecule has 1 fully saturated rings. The van der Waals surface area contributed by atoms with Crippen molar-refractivity contribution < 1.29 is 14.3 Å². The normalized spacial score (nSPS) is 17.5. The Kier molecular flexibility index (Phi) is 6.03. The highest BCUT2D eigenvalue weighted by Gasteiger charge is 2.36. The predicted molar refractivity (Wildman–Crippen MR) is 79.6 cm³/mol. The van der Waals surface area contributed by atoms with Crippen LogP contribution in [0.5, 0.6) is 0 Å². The third-order valence-corrected chi connectivity index (χ3v) is 3.58. The van der Waals surface area contributed by atoms with Crippen LogP contribution in [0.3, 0.4) is 0 Å². The largest absolute Gasteiger partial charge is 0.444 e. The van der Waals surface area contributed by atoms with Gasteiger partial charge < -0.3 is 14.4 Å². The molecular weight excluding hydrogens is 254 g/mol. The minimum atomic E-state index is -0.497. The van der Waals surface area contributed by atoms with Crippen LogP contribution in [0, 0.1) is 5.92 Å². The van der Waals surface area contributed by atoms with Gasteiger partial charge in [0.2, 0.25) is 0 Å². The van der Waals surface area contributed by atoms with Crippen molar-refractivity contribution in [1.82, 2.24) is 4.90 Å².